The number of hydrogen-bond donors (Lipinski definition) is 2. The van der Waals surface area contributed by atoms with Crippen LogP contribution in [0.15, 0.2) is 41.5 Å². The molecule has 9 heteroatoms. The summed E-state index contributed by atoms with van der Waals surface area (Å²) in [6, 6.07) is 9.41. The Balaban J connectivity index is 1.63. The maximum absolute atomic E-state index is 12.7. The second-order valence-electron chi connectivity index (χ2n) is 7.34. The minimum Gasteiger partial charge on any atom is -0.493 e. The first kappa shape index (κ1) is 22.9. The van der Waals surface area contributed by atoms with E-state index >= 15 is 0 Å². The number of carbonyl (C=O) groups excluding carboxylic acids is 2. The van der Waals surface area contributed by atoms with Crippen LogP contribution in [0.5, 0.6) is 23.0 Å². The summed E-state index contributed by atoms with van der Waals surface area (Å²) in [6.45, 7) is 6.21. The lowest BCUT2D eigenvalue weighted by atomic mass is 10.0. The maximum Gasteiger partial charge on any atom is 0.262 e. The third-order valence-electron chi connectivity index (χ3n) is 4.75. The second-order valence-corrected chi connectivity index (χ2v) is 7.34. The van der Waals surface area contributed by atoms with Crippen LogP contribution in [0, 0.1) is 5.92 Å². The fourth-order valence-electron chi connectivity index (χ4n) is 3.08. The van der Waals surface area contributed by atoms with E-state index in [-0.39, 0.29) is 12.7 Å². The van der Waals surface area contributed by atoms with Crippen molar-refractivity contribution in [1.29, 1.82) is 0 Å². The molecule has 2 aromatic carbocycles. The lowest BCUT2D eigenvalue weighted by molar-refractivity contribution is -0.123. The van der Waals surface area contributed by atoms with E-state index in [0.29, 0.717) is 35.2 Å². The van der Waals surface area contributed by atoms with Crippen molar-refractivity contribution in [1.82, 2.24) is 10.7 Å². The lowest BCUT2D eigenvalue weighted by Gasteiger charge is -2.20. The Morgan fingerprint density at radius 1 is 1.12 bits per heavy atom. The molecular weight excluding hydrogens is 414 g/mol. The van der Waals surface area contributed by atoms with Gasteiger partial charge in [-0.3, -0.25) is 9.59 Å². The average molecular weight is 441 g/mol. The highest BCUT2D eigenvalue weighted by molar-refractivity contribution is 5.98. The minimum absolute atomic E-state index is 0.121. The van der Waals surface area contributed by atoms with E-state index in [0.717, 1.165) is 5.56 Å². The number of benzene rings is 2. The summed E-state index contributed by atoms with van der Waals surface area (Å²) in [5, 5.41) is 6.77. The Bertz CT molecular complexity index is 1010. The Hall–Kier alpha value is -3.75. The Morgan fingerprint density at radius 3 is 2.62 bits per heavy atom. The number of fused-ring (bicyclic) bond motifs is 1. The minimum atomic E-state index is -0.778. The molecule has 1 aliphatic rings. The molecule has 3 rings (SSSR count). The second kappa shape index (κ2) is 10.5. The van der Waals surface area contributed by atoms with Crippen molar-refractivity contribution in [3.63, 3.8) is 0 Å². The predicted molar refractivity (Wildman–Crippen MR) is 119 cm³/mol. The molecule has 0 fully saturated rings. The van der Waals surface area contributed by atoms with E-state index in [1.807, 2.05) is 20.8 Å². The van der Waals surface area contributed by atoms with Crippen LogP contribution in [0.4, 0.5) is 0 Å². The number of carbonyl (C=O) groups is 2. The van der Waals surface area contributed by atoms with Gasteiger partial charge in [-0.2, -0.15) is 5.10 Å². The van der Waals surface area contributed by atoms with E-state index in [1.165, 1.54) is 6.21 Å². The van der Waals surface area contributed by atoms with Gasteiger partial charge in [0.05, 0.1) is 19.9 Å². The van der Waals surface area contributed by atoms with Crippen molar-refractivity contribution < 1.29 is 28.5 Å². The molecule has 1 unspecified atom stereocenters. The number of nitrogens with zero attached hydrogens (tertiary/aromatic N) is 1. The SMILES string of the molecule is CCOc1ccc(C=NNC(=O)C(NC(=O)c2ccc3c(c2)OCO3)C(C)C)cc1OC. The topological polar surface area (TPSA) is 107 Å². The van der Waals surface area contributed by atoms with Gasteiger partial charge in [-0.25, -0.2) is 5.43 Å². The van der Waals surface area contributed by atoms with Crippen LogP contribution in [0.25, 0.3) is 0 Å². The van der Waals surface area contributed by atoms with E-state index in [2.05, 4.69) is 15.8 Å². The van der Waals surface area contributed by atoms with Crippen LogP contribution >= 0.6 is 0 Å². The zero-order chi connectivity index (χ0) is 23.1. The molecule has 0 radical (unpaired) electrons. The number of nitrogens with one attached hydrogen (secondary N) is 2. The summed E-state index contributed by atoms with van der Waals surface area (Å²) in [4.78, 5) is 25.3. The zero-order valence-corrected chi connectivity index (χ0v) is 18.5. The first-order valence-electron chi connectivity index (χ1n) is 10.3. The summed E-state index contributed by atoms with van der Waals surface area (Å²) < 4.78 is 21.4. The van der Waals surface area contributed by atoms with Crippen LogP contribution < -0.4 is 29.7 Å². The Morgan fingerprint density at radius 2 is 1.91 bits per heavy atom. The van der Waals surface area contributed by atoms with E-state index in [4.69, 9.17) is 18.9 Å². The summed E-state index contributed by atoms with van der Waals surface area (Å²) in [5.41, 5.74) is 3.58. The summed E-state index contributed by atoms with van der Waals surface area (Å²) in [6.07, 6.45) is 1.49. The van der Waals surface area contributed by atoms with E-state index in [9.17, 15) is 9.59 Å². The molecule has 2 aromatic rings. The quantitative estimate of drug-likeness (QED) is 0.458. The first-order valence-corrected chi connectivity index (χ1v) is 10.3. The average Bonchev–Trinajstić information content (AvgIpc) is 3.26. The van der Waals surface area contributed by atoms with Crippen molar-refractivity contribution in [2.45, 2.75) is 26.8 Å². The van der Waals surface area contributed by atoms with Gasteiger partial charge in [-0.05, 0) is 54.8 Å². The van der Waals surface area contributed by atoms with Crippen molar-refractivity contribution in [2.24, 2.45) is 11.0 Å². The van der Waals surface area contributed by atoms with Gasteiger partial charge < -0.3 is 24.3 Å². The lowest BCUT2D eigenvalue weighted by Crippen LogP contribution is -2.48. The normalized spacial score (nSPS) is 13.2. The Kier molecular flexibility index (Phi) is 7.54. The van der Waals surface area contributed by atoms with Crippen LogP contribution in [0.3, 0.4) is 0 Å². The molecule has 0 aromatic heterocycles. The fraction of sp³-hybridized carbons (Fsp3) is 0.348. The molecule has 170 valence electrons. The highest BCUT2D eigenvalue weighted by Gasteiger charge is 2.25. The summed E-state index contributed by atoms with van der Waals surface area (Å²) in [5.74, 6) is 1.30. The van der Waals surface area contributed by atoms with E-state index < -0.39 is 17.9 Å². The maximum atomic E-state index is 12.7. The highest BCUT2D eigenvalue weighted by Crippen LogP contribution is 2.32. The van der Waals surface area contributed by atoms with E-state index in [1.54, 1.807) is 43.5 Å². The van der Waals surface area contributed by atoms with Crippen molar-refractivity contribution in [3.8, 4) is 23.0 Å². The standard InChI is InChI=1S/C23H27N3O6/c1-5-30-17-8-6-15(10-19(17)29-4)12-24-26-23(28)21(14(2)3)25-22(27)16-7-9-18-20(11-16)32-13-31-18/h6-12,14,21H,5,13H2,1-4H3,(H,25,27)(H,26,28). The van der Waals surface area contributed by atoms with Gasteiger partial charge in [-0.1, -0.05) is 13.8 Å². The molecule has 0 aliphatic carbocycles. The van der Waals surface area contributed by atoms with Gasteiger partial charge in [0, 0.05) is 5.56 Å². The number of hydrazone groups is 1. The van der Waals surface area contributed by atoms with Crippen molar-refractivity contribution >= 4 is 18.0 Å². The molecular formula is C23H27N3O6. The molecule has 0 bridgehead atoms. The molecule has 0 spiro atoms. The third-order valence-corrected chi connectivity index (χ3v) is 4.75. The fourth-order valence-corrected chi connectivity index (χ4v) is 3.08. The monoisotopic (exact) mass is 441 g/mol. The van der Waals surface area contributed by atoms with Gasteiger partial charge >= 0.3 is 0 Å². The zero-order valence-electron chi connectivity index (χ0n) is 18.5. The number of ether oxygens (including phenoxy) is 4. The largest absolute Gasteiger partial charge is 0.493 e. The van der Waals surface area contributed by atoms with Gasteiger partial charge in [0.2, 0.25) is 6.79 Å². The summed E-state index contributed by atoms with van der Waals surface area (Å²) in [7, 11) is 1.55. The molecule has 0 saturated heterocycles. The van der Waals surface area contributed by atoms with Gasteiger partial charge in [0.15, 0.2) is 23.0 Å². The number of hydrogen-bond acceptors (Lipinski definition) is 7. The van der Waals surface area contributed by atoms with Crippen LogP contribution in [-0.4, -0.2) is 44.6 Å². The van der Waals surface area contributed by atoms with Crippen LogP contribution in [0.1, 0.15) is 36.7 Å². The van der Waals surface area contributed by atoms with Crippen LogP contribution in [-0.2, 0) is 4.79 Å². The highest BCUT2D eigenvalue weighted by atomic mass is 16.7. The van der Waals surface area contributed by atoms with Gasteiger partial charge in [-0.15, -0.1) is 0 Å². The van der Waals surface area contributed by atoms with Gasteiger partial charge in [0.25, 0.3) is 11.8 Å². The number of amides is 2. The third kappa shape index (κ3) is 5.48. The van der Waals surface area contributed by atoms with Gasteiger partial charge in [0.1, 0.15) is 6.04 Å². The molecule has 2 N–H and O–H groups in total. The predicted octanol–water partition coefficient (Wildman–Crippen LogP) is 2.73. The first-order chi connectivity index (χ1) is 15.4. The molecule has 1 heterocycles. The number of rotatable bonds is 9. The Labute approximate surface area is 186 Å². The molecule has 9 nitrogen and oxygen atoms in total. The van der Waals surface area contributed by atoms with Crippen molar-refractivity contribution in [2.75, 3.05) is 20.5 Å². The smallest absolute Gasteiger partial charge is 0.262 e. The molecule has 32 heavy (non-hydrogen) atoms. The molecule has 2 amide bonds. The van der Waals surface area contributed by atoms with Crippen LogP contribution in [0.2, 0.25) is 0 Å². The van der Waals surface area contributed by atoms with Crippen molar-refractivity contribution in [3.05, 3.63) is 47.5 Å². The molecule has 0 saturated carbocycles. The summed E-state index contributed by atoms with van der Waals surface area (Å²) >= 11 is 0. The molecule has 1 aliphatic heterocycles. The number of methoxy groups -OCH3 is 1. The molecule has 1 atom stereocenters.